The summed E-state index contributed by atoms with van der Waals surface area (Å²) < 4.78 is 92.2. The third-order valence-corrected chi connectivity index (χ3v) is 12.9. The smallest absolute Gasteiger partial charge is 0.497 e. The number of ether oxygens (including phenoxy) is 4. The maximum absolute atomic E-state index is 15.8. The molecule has 58 heavy (non-hydrogen) atoms. The number of amides is 2. The third kappa shape index (κ3) is 8.05. The van der Waals surface area contributed by atoms with E-state index < -0.39 is 44.5 Å². The van der Waals surface area contributed by atoms with Crippen molar-refractivity contribution in [3.63, 3.8) is 0 Å². The molecule has 3 aliphatic rings. The van der Waals surface area contributed by atoms with Crippen LogP contribution in [0, 0.1) is 5.92 Å². The molecule has 0 saturated carbocycles. The van der Waals surface area contributed by atoms with E-state index in [0.717, 1.165) is 18.2 Å². The summed E-state index contributed by atoms with van der Waals surface area (Å²) in [6.45, 7) is 3.74. The number of hydrogen-bond acceptors (Lipinski definition) is 11. The van der Waals surface area contributed by atoms with E-state index >= 15 is 4.79 Å². The van der Waals surface area contributed by atoms with Gasteiger partial charge in [-0.1, -0.05) is 24.1 Å². The first-order valence-electron chi connectivity index (χ1n) is 18.9. The summed E-state index contributed by atoms with van der Waals surface area (Å²) in [4.78, 5) is 46.6. The molecule has 13 nitrogen and oxygen atoms in total. The molecule has 3 aliphatic heterocycles. The number of methoxy groups -OCH3 is 2. The molecule has 3 heterocycles. The van der Waals surface area contributed by atoms with E-state index in [0.29, 0.717) is 68.2 Å². The SMILES string of the molecule is CCOC(=O)C1CCN(Cc2ccc(OC)c(C3(N4CCCC[C@H]4C(=O)N(C)C)C(=O)N(S(=O)(=O)c4ccc(OC)cc4OC(F)(F)F)c4ccc(Cl)cc43)c2)CC1. The molecular formula is C40H46ClF3N4O9S. The van der Waals surface area contributed by atoms with Gasteiger partial charge >= 0.3 is 12.3 Å². The Hall–Kier alpha value is -4.58. The molecule has 0 aromatic heterocycles. The molecule has 18 heteroatoms. The second-order valence-corrected chi connectivity index (χ2v) is 16.8. The number of rotatable bonds is 12. The number of carbonyl (C=O) groups is 3. The Kier molecular flexibility index (Phi) is 12.6. The van der Waals surface area contributed by atoms with Crippen LogP contribution in [0.2, 0.25) is 5.02 Å². The highest BCUT2D eigenvalue weighted by Crippen LogP contribution is 2.55. The minimum absolute atomic E-state index is 0.0875. The number of nitrogens with zero attached hydrogens (tertiary/aromatic N) is 4. The largest absolute Gasteiger partial charge is 0.573 e. The van der Waals surface area contributed by atoms with Gasteiger partial charge in [0.25, 0.3) is 15.9 Å². The highest BCUT2D eigenvalue weighted by atomic mass is 35.5. The molecule has 0 bridgehead atoms. The minimum atomic E-state index is -5.31. The van der Waals surface area contributed by atoms with Gasteiger partial charge in [0.05, 0.1) is 38.5 Å². The second kappa shape index (κ2) is 17.0. The van der Waals surface area contributed by atoms with Crippen molar-refractivity contribution < 1.29 is 54.9 Å². The van der Waals surface area contributed by atoms with Crippen LogP contribution < -0.4 is 18.5 Å². The third-order valence-electron chi connectivity index (χ3n) is 10.9. The zero-order chi connectivity index (χ0) is 42.2. The van der Waals surface area contributed by atoms with Crippen molar-refractivity contribution >= 4 is 45.1 Å². The van der Waals surface area contributed by atoms with Crippen molar-refractivity contribution in [3.05, 3.63) is 76.3 Å². The Labute approximate surface area is 340 Å². The number of benzene rings is 3. The number of likely N-dealkylation sites (tertiary alicyclic amines) is 2. The van der Waals surface area contributed by atoms with Crippen LogP contribution in [0.1, 0.15) is 55.7 Å². The normalized spacial score (nSPS) is 20.7. The maximum atomic E-state index is 15.8. The average Bonchev–Trinajstić information content (AvgIpc) is 3.45. The van der Waals surface area contributed by atoms with Gasteiger partial charge in [0, 0.05) is 49.4 Å². The number of likely N-dealkylation sites (N-methyl/N-ethyl adjacent to an activating group) is 1. The molecule has 0 N–H and O–H groups in total. The summed E-state index contributed by atoms with van der Waals surface area (Å²) in [7, 11) is 0.521. The van der Waals surface area contributed by atoms with Crippen LogP contribution in [0.25, 0.3) is 0 Å². The molecule has 0 radical (unpaired) electrons. The summed E-state index contributed by atoms with van der Waals surface area (Å²) in [6.07, 6.45) is -2.69. The lowest BCUT2D eigenvalue weighted by Crippen LogP contribution is -2.62. The van der Waals surface area contributed by atoms with Gasteiger partial charge in [0.15, 0.2) is 11.3 Å². The zero-order valence-corrected chi connectivity index (χ0v) is 34.4. The fraction of sp³-hybridized carbons (Fsp3) is 0.475. The predicted molar refractivity (Wildman–Crippen MR) is 207 cm³/mol. The quantitative estimate of drug-likeness (QED) is 0.200. The van der Waals surface area contributed by atoms with E-state index in [1.54, 1.807) is 38.1 Å². The summed E-state index contributed by atoms with van der Waals surface area (Å²) in [5.74, 6) is -2.93. The number of fused-ring (bicyclic) bond motifs is 1. The van der Waals surface area contributed by atoms with E-state index in [-0.39, 0.29) is 57.7 Å². The van der Waals surface area contributed by atoms with Crippen LogP contribution in [0.4, 0.5) is 18.9 Å². The van der Waals surface area contributed by atoms with Gasteiger partial charge in [-0.15, -0.1) is 13.2 Å². The lowest BCUT2D eigenvalue weighted by atomic mass is 9.78. The first-order valence-corrected chi connectivity index (χ1v) is 20.7. The number of sulfonamides is 1. The molecule has 3 aromatic rings. The Morgan fingerprint density at radius 1 is 0.914 bits per heavy atom. The summed E-state index contributed by atoms with van der Waals surface area (Å²) in [6, 6.07) is 11.2. The number of carbonyl (C=O) groups excluding carboxylic acids is 3. The highest BCUT2D eigenvalue weighted by molar-refractivity contribution is 7.93. The van der Waals surface area contributed by atoms with Gasteiger partial charge in [-0.3, -0.25) is 24.2 Å². The first kappa shape index (κ1) is 43.0. The molecule has 2 fully saturated rings. The minimum Gasteiger partial charge on any atom is -0.497 e. The standard InChI is InChI=1S/C40H46ClF3N4O9S/c1-6-56-37(50)26-16-19-46(20-17-26)24-25-10-14-33(55-5)30(21-25)39(47-18-8-7-9-32(47)36(49)45(2)3)29-22-27(41)11-13-31(29)48(38(39)51)58(52,53)35-15-12-28(54-4)23-34(35)57-40(42,43)44/h10-15,21-23,26,32H,6-9,16-20,24H2,1-5H3/t32-,39?/m0/s1. The van der Waals surface area contributed by atoms with Crippen LogP contribution in [0.15, 0.2) is 59.5 Å². The predicted octanol–water partition coefficient (Wildman–Crippen LogP) is 5.95. The molecule has 2 saturated heterocycles. The van der Waals surface area contributed by atoms with Crippen LogP contribution in [-0.2, 0) is 41.2 Å². The van der Waals surface area contributed by atoms with Gasteiger partial charge in [-0.2, -0.15) is 0 Å². The molecule has 6 rings (SSSR count). The van der Waals surface area contributed by atoms with Gasteiger partial charge in [-0.05, 0) is 93.7 Å². The molecule has 1 unspecified atom stereocenters. The summed E-state index contributed by atoms with van der Waals surface area (Å²) in [5, 5.41) is 0.132. The van der Waals surface area contributed by atoms with Crippen molar-refractivity contribution in [1.82, 2.24) is 14.7 Å². The van der Waals surface area contributed by atoms with Crippen LogP contribution in [0.5, 0.6) is 17.2 Å². The molecule has 0 aliphatic carbocycles. The van der Waals surface area contributed by atoms with Crippen molar-refractivity contribution in [2.75, 3.05) is 58.9 Å². The highest BCUT2D eigenvalue weighted by Gasteiger charge is 2.63. The topological polar surface area (TPSA) is 135 Å². The van der Waals surface area contributed by atoms with Crippen molar-refractivity contribution in [1.29, 1.82) is 0 Å². The van der Waals surface area contributed by atoms with Gasteiger partial charge < -0.3 is 23.8 Å². The van der Waals surface area contributed by atoms with Crippen LogP contribution >= 0.6 is 11.6 Å². The lowest BCUT2D eigenvalue weighted by Gasteiger charge is -2.47. The lowest BCUT2D eigenvalue weighted by molar-refractivity contribution is -0.275. The number of piperidine rings is 2. The number of hydrogen-bond donors (Lipinski definition) is 0. The van der Waals surface area contributed by atoms with E-state index in [9.17, 15) is 31.2 Å². The van der Waals surface area contributed by atoms with Crippen molar-refractivity contribution in [2.24, 2.45) is 5.92 Å². The number of anilines is 1. The van der Waals surface area contributed by atoms with E-state index in [4.69, 9.17) is 25.8 Å². The molecular weight excluding hydrogens is 805 g/mol. The first-order chi connectivity index (χ1) is 27.5. The molecule has 314 valence electrons. The molecule has 2 amide bonds. The van der Waals surface area contributed by atoms with Gasteiger partial charge in [-0.25, -0.2) is 12.7 Å². The fourth-order valence-corrected chi connectivity index (χ4v) is 10.0. The fourth-order valence-electron chi connectivity index (χ4n) is 8.28. The number of alkyl halides is 3. The number of esters is 1. The Bertz CT molecular complexity index is 2160. The van der Waals surface area contributed by atoms with E-state index in [1.165, 1.54) is 37.3 Å². The molecule has 3 aromatic carbocycles. The monoisotopic (exact) mass is 850 g/mol. The Balaban J connectivity index is 1.57. The van der Waals surface area contributed by atoms with E-state index in [2.05, 4.69) is 9.64 Å². The molecule has 2 atom stereocenters. The van der Waals surface area contributed by atoms with E-state index in [1.807, 2.05) is 6.07 Å². The Morgan fingerprint density at radius 3 is 2.28 bits per heavy atom. The van der Waals surface area contributed by atoms with Crippen LogP contribution in [-0.4, -0.2) is 108 Å². The van der Waals surface area contributed by atoms with Crippen molar-refractivity contribution in [3.8, 4) is 17.2 Å². The van der Waals surface area contributed by atoms with Crippen molar-refractivity contribution in [2.45, 2.75) is 68.4 Å². The van der Waals surface area contributed by atoms with Gasteiger partial charge in [0.1, 0.15) is 16.4 Å². The summed E-state index contributed by atoms with van der Waals surface area (Å²) in [5.41, 5.74) is -1.28. The number of halogens is 4. The molecule has 0 spiro atoms. The summed E-state index contributed by atoms with van der Waals surface area (Å²) >= 11 is 6.67. The zero-order valence-electron chi connectivity index (χ0n) is 32.8. The average molecular weight is 851 g/mol. The Morgan fingerprint density at radius 2 is 1.64 bits per heavy atom. The van der Waals surface area contributed by atoms with Gasteiger partial charge in [0.2, 0.25) is 5.91 Å². The van der Waals surface area contributed by atoms with Crippen LogP contribution in [0.3, 0.4) is 0 Å². The second-order valence-electron chi connectivity index (χ2n) is 14.6. The maximum Gasteiger partial charge on any atom is 0.573 e.